The second kappa shape index (κ2) is 8.14. The predicted octanol–water partition coefficient (Wildman–Crippen LogP) is 1.99. The maximum Gasteiger partial charge on any atom is 0.191 e. The first-order chi connectivity index (χ1) is 12.3. The third kappa shape index (κ3) is 4.06. The molecule has 1 aromatic carbocycles. The summed E-state index contributed by atoms with van der Waals surface area (Å²) in [6.45, 7) is 3.87. The van der Waals surface area contributed by atoms with E-state index < -0.39 is 0 Å². The number of hydrogen-bond donors (Lipinski definition) is 2. The number of fused-ring (bicyclic) bond motifs is 1. The van der Waals surface area contributed by atoms with E-state index in [0.717, 1.165) is 35.3 Å². The van der Waals surface area contributed by atoms with Crippen molar-refractivity contribution in [3.8, 4) is 5.75 Å². The largest absolute Gasteiger partial charge is 0.496 e. The molecule has 0 fully saturated rings. The van der Waals surface area contributed by atoms with Crippen LogP contribution in [-0.2, 0) is 13.1 Å². The normalized spacial score (nSPS) is 11.5. The Hall–Kier alpha value is -3.09. The fraction of sp³-hybridized carbons (Fsp3) is 0.278. The molecule has 130 valence electrons. The summed E-state index contributed by atoms with van der Waals surface area (Å²) in [5.41, 5.74) is 1.87. The van der Waals surface area contributed by atoms with Crippen molar-refractivity contribution in [2.75, 3.05) is 13.7 Å². The molecule has 0 bridgehead atoms. The van der Waals surface area contributed by atoms with E-state index in [1.165, 1.54) is 0 Å². The molecular weight excluding hydrogens is 316 g/mol. The second-order valence-electron chi connectivity index (χ2n) is 5.41. The minimum Gasteiger partial charge on any atom is -0.496 e. The molecule has 0 spiro atoms. The Morgan fingerprint density at radius 3 is 2.80 bits per heavy atom. The van der Waals surface area contributed by atoms with Gasteiger partial charge in [0.25, 0.3) is 0 Å². The predicted molar refractivity (Wildman–Crippen MR) is 97.6 cm³/mol. The zero-order chi connectivity index (χ0) is 17.5. The number of ether oxygens (including phenoxy) is 1. The summed E-state index contributed by atoms with van der Waals surface area (Å²) in [6, 6.07) is 13.7. The molecule has 2 aromatic heterocycles. The van der Waals surface area contributed by atoms with Gasteiger partial charge in [-0.05, 0) is 25.1 Å². The molecule has 0 aliphatic heterocycles. The van der Waals surface area contributed by atoms with Gasteiger partial charge in [-0.15, -0.1) is 10.2 Å². The van der Waals surface area contributed by atoms with Crippen LogP contribution in [0.1, 0.15) is 18.3 Å². The van der Waals surface area contributed by atoms with Gasteiger partial charge in [0.1, 0.15) is 5.75 Å². The molecular formula is C18H22N6O. The van der Waals surface area contributed by atoms with Crippen LogP contribution in [0.25, 0.3) is 5.65 Å². The molecule has 0 aliphatic carbocycles. The average molecular weight is 338 g/mol. The number of benzene rings is 1. The molecule has 3 aromatic rings. The number of guanidine groups is 1. The van der Waals surface area contributed by atoms with Crippen molar-refractivity contribution in [2.24, 2.45) is 4.99 Å². The molecule has 2 heterocycles. The highest BCUT2D eigenvalue weighted by Gasteiger charge is 2.06. The number of pyridine rings is 1. The van der Waals surface area contributed by atoms with Crippen LogP contribution in [0, 0.1) is 0 Å². The number of nitrogens with one attached hydrogen (secondary N) is 2. The van der Waals surface area contributed by atoms with Crippen molar-refractivity contribution in [3.05, 3.63) is 60.0 Å². The van der Waals surface area contributed by atoms with Gasteiger partial charge in [0.2, 0.25) is 0 Å². The zero-order valence-corrected chi connectivity index (χ0v) is 14.4. The Balaban J connectivity index is 1.70. The van der Waals surface area contributed by atoms with E-state index in [1.807, 2.05) is 60.0 Å². The molecule has 0 saturated carbocycles. The SMILES string of the molecule is CCNC(=NCc1ccccc1OC)NCc1nnc2ccccn12. The number of para-hydroxylation sites is 1. The fourth-order valence-electron chi connectivity index (χ4n) is 2.51. The van der Waals surface area contributed by atoms with Crippen LogP contribution in [0.3, 0.4) is 0 Å². The van der Waals surface area contributed by atoms with E-state index >= 15 is 0 Å². The van der Waals surface area contributed by atoms with Gasteiger partial charge in [0.15, 0.2) is 17.4 Å². The molecule has 0 radical (unpaired) electrons. The number of hydrogen-bond acceptors (Lipinski definition) is 4. The molecule has 25 heavy (non-hydrogen) atoms. The molecule has 0 unspecified atom stereocenters. The number of aromatic nitrogens is 3. The van der Waals surface area contributed by atoms with Crippen molar-refractivity contribution in [1.29, 1.82) is 0 Å². The number of aliphatic imine (C=N–C) groups is 1. The Bertz CT molecular complexity index is 857. The van der Waals surface area contributed by atoms with E-state index in [9.17, 15) is 0 Å². The van der Waals surface area contributed by atoms with E-state index in [4.69, 9.17) is 4.74 Å². The Morgan fingerprint density at radius 1 is 1.12 bits per heavy atom. The molecule has 7 heteroatoms. The maximum atomic E-state index is 5.37. The summed E-state index contributed by atoms with van der Waals surface area (Å²) in [5.74, 6) is 2.39. The summed E-state index contributed by atoms with van der Waals surface area (Å²) in [5, 5.41) is 14.9. The molecule has 0 aliphatic rings. The van der Waals surface area contributed by atoms with Crippen molar-refractivity contribution in [3.63, 3.8) is 0 Å². The lowest BCUT2D eigenvalue weighted by molar-refractivity contribution is 0.410. The molecule has 3 rings (SSSR count). The minimum absolute atomic E-state index is 0.528. The first-order valence-electron chi connectivity index (χ1n) is 8.24. The van der Waals surface area contributed by atoms with Gasteiger partial charge in [-0.25, -0.2) is 4.99 Å². The number of rotatable bonds is 6. The highest BCUT2D eigenvalue weighted by atomic mass is 16.5. The monoisotopic (exact) mass is 338 g/mol. The quantitative estimate of drug-likeness (QED) is 0.531. The molecule has 0 amide bonds. The zero-order valence-electron chi connectivity index (χ0n) is 14.4. The van der Waals surface area contributed by atoms with Crippen LogP contribution in [0.4, 0.5) is 0 Å². The van der Waals surface area contributed by atoms with E-state index in [2.05, 4.69) is 25.8 Å². The first-order valence-corrected chi connectivity index (χ1v) is 8.24. The Kier molecular flexibility index (Phi) is 5.46. The highest BCUT2D eigenvalue weighted by Crippen LogP contribution is 2.17. The Morgan fingerprint density at radius 2 is 1.96 bits per heavy atom. The van der Waals surface area contributed by atoms with Gasteiger partial charge in [0, 0.05) is 18.3 Å². The van der Waals surface area contributed by atoms with Crippen molar-refractivity contribution < 1.29 is 4.74 Å². The second-order valence-corrected chi connectivity index (χ2v) is 5.41. The number of methoxy groups -OCH3 is 1. The molecule has 0 atom stereocenters. The smallest absolute Gasteiger partial charge is 0.191 e. The summed E-state index contributed by atoms with van der Waals surface area (Å²) >= 11 is 0. The van der Waals surface area contributed by atoms with Crippen LogP contribution >= 0.6 is 0 Å². The third-order valence-corrected chi connectivity index (χ3v) is 3.74. The standard InChI is InChI=1S/C18H22N6O/c1-3-19-18(20-12-14-8-4-5-9-15(14)25-2)21-13-17-23-22-16-10-6-7-11-24(16)17/h4-11H,3,12-13H2,1-2H3,(H2,19,20,21). The van der Waals surface area contributed by atoms with Gasteiger partial charge < -0.3 is 15.4 Å². The fourth-order valence-corrected chi connectivity index (χ4v) is 2.51. The number of nitrogens with zero attached hydrogens (tertiary/aromatic N) is 4. The summed E-state index contributed by atoms with van der Waals surface area (Å²) in [6.07, 6.45) is 1.95. The van der Waals surface area contributed by atoms with Crippen LogP contribution in [0.15, 0.2) is 53.7 Å². The molecule has 7 nitrogen and oxygen atoms in total. The minimum atomic E-state index is 0.528. The lowest BCUT2D eigenvalue weighted by Gasteiger charge is -2.11. The van der Waals surface area contributed by atoms with Gasteiger partial charge in [-0.2, -0.15) is 0 Å². The summed E-state index contributed by atoms with van der Waals surface area (Å²) in [7, 11) is 1.67. The van der Waals surface area contributed by atoms with Gasteiger partial charge in [-0.1, -0.05) is 24.3 Å². The lowest BCUT2D eigenvalue weighted by Crippen LogP contribution is -2.37. The molecule has 2 N–H and O–H groups in total. The first kappa shape index (κ1) is 16.8. The third-order valence-electron chi connectivity index (χ3n) is 3.74. The maximum absolute atomic E-state index is 5.37. The van der Waals surface area contributed by atoms with Gasteiger partial charge in [-0.3, -0.25) is 4.40 Å². The van der Waals surface area contributed by atoms with Gasteiger partial charge in [0.05, 0.1) is 20.2 Å². The molecule has 0 saturated heterocycles. The summed E-state index contributed by atoms with van der Waals surface area (Å²) < 4.78 is 7.33. The van der Waals surface area contributed by atoms with E-state index in [0.29, 0.717) is 13.1 Å². The van der Waals surface area contributed by atoms with Crippen molar-refractivity contribution >= 4 is 11.6 Å². The average Bonchev–Trinajstić information content (AvgIpc) is 3.07. The van der Waals surface area contributed by atoms with Crippen molar-refractivity contribution in [2.45, 2.75) is 20.0 Å². The summed E-state index contributed by atoms with van der Waals surface area (Å²) in [4.78, 5) is 4.63. The van der Waals surface area contributed by atoms with Crippen LogP contribution in [0.5, 0.6) is 5.75 Å². The van der Waals surface area contributed by atoms with Crippen LogP contribution < -0.4 is 15.4 Å². The van der Waals surface area contributed by atoms with E-state index in [-0.39, 0.29) is 0 Å². The van der Waals surface area contributed by atoms with Gasteiger partial charge >= 0.3 is 0 Å². The van der Waals surface area contributed by atoms with Crippen LogP contribution in [-0.4, -0.2) is 34.2 Å². The topological polar surface area (TPSA) is 75.8 Å². The van der Waals surface area contributed by atoms with E-state index in [1.54, 1.807) is 7.11 Å². The van der Waals surface area contributed by atoms with Crippen LogP contribution in [0.2, 0.25) is 0 Å². The lowest BCUT2D eigenvalue weighted by atomic mass is 10.2. The Labute approximate surface area is 146 Å². The highest BCUT2D eigenvalue weighted by molar-refractivity contribution is 5.79. The van der Waals surface area contributed by atoms with Crippen molar-refractivity contribution in [1.82, 2.24) is 25.2 Å².